The van der Waals surface area contributed by atoms with Crippen LogP contribution in [0.25, 0.3) is 33.0 Å². The van der Waals surface area contributed by atoms with E-state index in [1.54, 1.807) is 6.92 Å². The summed E-state index contributed by atoms with van der Waals surface area (Å²) in [4.78, 5) is 29.6. The van der Waals surface area contributed by atoms with Gasteiger partial charge in [-0.1, -0.05) is 61.2 Å². The van der Waals surface area contributed by atoms with Crippen LogP contribution in [0.4, 0.5) is 5.69 Å². The van der Waals surface area contributed by atoms with Crippen molar-refractivity contribution in [2.24, 2.45) is 4.99 Å². The van der Waals surface area contributed by atoms with Gasteiger partial charge in [0, 0.05) is 23.4 Å². The van der Waals surface area contributed by atoms with E-state index in [0.717, 1.165) is 16.5 Å². The first-order chi connectivity index (χ1) is 14.6. The van der Waals surface area contributed by atoms with Crippen LogP contribution in [0, 0.1) is 0 Å². The summed E-state index contributed by atoms with van der Waals surface area (Å²) in [6.45, 7) is 5.39. The quantitative estimate of drug-likeness (QED) is 0.371. The van der Waals surface area contributed by atoms with Gasteiger partial charge in [-0.05, 0) is 40.6 Å². The Morgan fingerprint density at radius 1 is 0.900 bits per heavy atom. The predicted molar refractivity (Wildman–Crippen MR) is 121 cm³/mol. The molecule has 30 heavy (non-hydrogen) atoms. The number of Topliss-reactive ketones (excluding diaryl/α,β-unsaturated/α-hetero) is 1. The highest BCUT2D eigenvalue weighted by Crippen LogP contribution is 2.48. The van der Waals surface area contributed by atoms with E-state index in [-0.39, 0.29) is 28.5 Å². The molecule has 0 aliphatic heterocycles. The number of carbonyl (C=O) groups is 2. The summed E-state index contributed by atoms with van der Waals surface area (Å²) in [5.41, 5.74) is 6.10. The average molecular weight is 390 g/mol. The molecule has 0 saturated carbocycles. The zero-order valence-corrected chi connectivity index (χ0v) is 16.4. The van der Waals surface area contributed by atoms with E-state index < -0.39 is 0 Å². The molecular formula is C26H18N2O2. The minimum absolute atomic E-state index is 0.124. The molecule has 0 aromatic heterocycles. The van der Waals surface area contributed by atoms with Crippen molar-refractivity contribution in [1.82, 2.24) is 0 Å². The number of benzene rings is 3. The number of aliphatic imine (C=N–C) groups is 1. The van der Waals surface area contributed by atoms with Crippen LogP contribution in [0.3, 0.4) is 0 Å². The van der Waals surface area contributed by atoms with Crippen LogP contribution in [-0.4, -0.2) is 17.8 Å². The molecule has 0 bridgehead atoms. The van der Waals surface area contributed by atoms with E-state index in [2.05, 4.69) is 41.2 Å². The van der Waals surface area contributed by atoms with Crippen LogP contribution in [-0.2, 0) is 9.59 Å². The number of anilines is 1. The van der Waals surface area contributed by atoms with Crippen molar-refractivity contribution in [2.75, 3.05) is 5.32 Å². The molecule has 0 amide bonds. The van der Waals surface area contributed by atoms with E-state index in [9.17, 15) is 9.59 Å². The Kier molecular flexibility index (Phi) is 4.07. The molecule has 3 aromatic carbocycles. The van der Waals surface area contributed by atoms with Gasteiger partial charge < -0.3 is 5.32 Å². The van der Waals surface area contributed by atoms with Crippen LogP contribution in [0.1, 0.15) is 6.92 Å². The molecular weight excluding hydrogens is 372 g/mol. The molecule has 0 unspecified atom stereocenters. The second-order valence-corrected chi connectivity index (χ2v) is 7.16. The third kappa shape index (κ3) is 2.51. The Balaban J connectivity index is 1.61. The van der Waals surface area contributed by atoms with Crippen molar-refractivity contribution < 1.29 is 9.59 Å². The van der Waals surface area contributed by atoms with Crippen LogP contribution >= 0.6 is 0 Å². The number of nitrogens with one attached hydrogen (secondary N) is 1. The highest BCUT2D eigenvalue weighted by molar-refractivity contribution is 6.26. The van der Waals surface area contributed by atoms with E-state index in [1.807, 2.05) is 30.3 Å². The average Bonchev–Trinajstić information content (AvgIpc) is 3.09. The molecule has 0 atom stereocenters. The molecule has 4 nitrogen and oxygen atoms in total. The first-order valence-corrected chi connectivity index (χ1v) is 9.72. The predicted octanol–water partition coefficient (Wildman–Crippen LogP) is 5.47. The number of nitrogens with zero attached hydrogens (tertiary/aromatic N) is 1. The number of hydrogen-bond acceptors (Lipinski definition) is 4. The Labute approximate surface area is 174 Å². The van der Waals surface area contributed by atoms with Crippen molar-refractivity contribution in [3.8, 4) is 22.3 Å². The van der Waals surface area contributed by atoms with Crippen LogP contribution < -0.4 is 5.32 Å². The minimum Gasteiger partial charge on any atom is -0.352 e. The molecule has 4 heteroatoms. The monoisotopic (exact) mass is 390 g/mol. The van der Waals surface area contributed by atoms with Crippen molar-refractivity contribution in [2.45, 2.75) is 6.92 Å². The van der Waals surface area contributed by atoms with Crippen molar-refractivity contribution in [3.63, 3.8) is 0 Å². The largest absolute Gasteiger partial charge is 0.352 e. The number of rotatable bonds is 4. The lowest BCUT2D eigenvalue weighted by Gasteiger charge is -2.18. The minimum atomic E-state index is -0.316. The van der Waals surface area contributed by atoms with Gasteiger partial charge in [0.1, 0.15) is 5.70 Å². The summed E-state index contributed by atoms with van der Waals surface area (Å²) in [7, 11) is 0. The van der Waals surface area contributed by atoms with Gasteiger partial charge in [0.25, 0.3) is 0 Å². The standard InChI is InChI=1S/C26H18N2O2/c1-3-15-25(27-4-2)23(29)14-22(26(15)30)28-21-13-12-19-17-9-6-5-8-16(17)18-10-7-11-20(21)24(18)19/h3-14,28H,1H2,2H3. The Morgan fingerprint density at radius 3 is 2.30 bits per heavy atom. The Bertz CT molecular complexity index is 1340. The molecule has 2 aliphatic rings. The van der Waals surface area contributed by atoms with Gasteiger partial charge in [-0.2, -0.15) is 0 Å². The number of ketones is 2. The fourth-order valence-corrected chi connectivity index (χ4v) is 4.26. The molecule has 3 aromatic rings. The fourth-order valence-electron chi connectivity index (χ4n) is 4.26. The maximum Gasteiger partial charge on any atom is 0.211 e. The van der Waals surface area contributed by atoms with E-state index >= 15 is 0 Å². The molecule has 0 heterocycles. The molecule has 5 rings (SSSR count). The first kappa shape index (κ1) is 18.0. The lowest BCUT2D eigenvalue weighted by Crippen LogP contribution is -2.22. The summed E-state index contributed by atoms with van der Waals surface area (Å²) in [6, 6.07) is 18.5. The fraction of sp³-hybridized carbons (Fsp3) is 0.0385. The Hall–Kier alpha value is -4.05. The van der Waals surface area contributed by atoms with Crippen molar-refractivity contribution >= 4 is 34.2 Å². The molecule has 144 valence electrons. The molecule has 2 aliphatic carbocycles. The van der Waals surface area contributed by atoms with Gasteiger partial charge in [0.05, 0.1) is 11.3 Å². The Morgan fingerprint density at radius 2 is 1.60 bits per heavy atom. The molecule has 0 radical (unpaired) electrons. The third-order valence-corrected chi connectivity index (χ3v) is 5.53. The van der Waals surface area contributed by atoms with E-state index in [1.165, 1.54) is 40.6 Å². The van der Waals surface area contributed by atoms with E-state index in [4.69, 9.17) is 0 Å². The first-order valence-electron chi connectivity index (χ1n) is 9.72. The van der Waals surface area contributed by atoms with Gasteiger partial charge >= 0.3 is 0 Å². The summed E-state index contributed by atoms with van der Waals surface area (Å²) in [5.74, 6) is -0.611. The molecule has 0 fully saturated rings. The lowest BCUT2D eigenvalue weighted by molar-refractivity contribution is -0.115. The van der Waals surface area contributed by atoms with Gasteiger partial charge in [0.15, 0.2) is 0 Å². The zero-order valence-electron chi connectivity index (χ0n) is 16.4. The van der Waals surface area contributed by atoms with Crippen LogP contribution in [0.2, 0.25) is 0 Å². The number of carbonyl (C=O) groups excluding carboxylic acids is 2. The lowest BCUT2D eigenvalue weighted by atomic mass is 9.96. The zero-order chi connectivity index (χ0) is 20.8. The highest BCUT2D eigenvalue weighted by atomic mass is 16.1. The van der Waals surface area contributed by atoms with Gasteiger partial charge in [-0.15, -0.1) is 0 Å². The summed E-state index contributed by atoms with van der Waals surface area (Å²) >= 11 is 0. The summed E-state index contributed by atoms with van der Waals surface area (Å²) in [6.07, 6.45) is 4.20. The van der Waals surface area contributed by atoms with Gasteiger partial charge in [-0.3, -0.25) is 14.6 Å². The highest BCUT2D eigenvalue weighted by Gasteiger charge is 2.28. The van der Waals surface area contributed by atoms with Gasteiger partial charge in [-0.25, -0.2) is 0 Å². The maximum atomic E-state index is 13.0. The van der Waals surface area contributed by atoms with Gasteiger partial charge in [0.2, 0.25) is 11.6 Å². The van der Waals surface area contributed by atoms with Crippen LogP contribution in [0.5, 0.6) is 0 Å². The number of hydrogen-bond donors (Lipinski definition) is 1. The van der Waals surface area contributed by atoms with Crippen molar-refractivity contribution in [1.29, 1.82) is 0 Å². The summed E-state index contributed by atoms with van der Waals surface area (Å²) in [5, 5.41) is 5.35. The molecule has 0 saturated heterocycles. The summed E-state index contributed by atoms with van der Waals surface area (Å²) < 4.78 is 0. The van der Waals surface area contributed by atoms with E-state index in [0.29, 0.717) is 0 Å². The number of allylic oxidation sites excluding steroid dienone is 3. The second kappa shape index (κ2) is 6.78. The second-order valence-electron chi connectivity index (χ2n) is 7.16. The maximum absolute atomic E-state index is 13.0. The smallest absolute Gasteiger partial charge is 0.211 e. The molecule has 0 spiro atoms. The topological polar surface area (TPSA) is 58.5 Å². The van der Waals surface area contributed by atoms with Crippen molar-refractivity contribution in [3.05, 3.63) is 90.3 Å². The molecule has 1 N–H and O–H groups in total. The SMILES string of the molecule is C=CC1=C(N=CC)C(=O)C=C(Nc2ccc3c4c(cccc24)-c2ccccc2-3)C1=O. The third-order valence-electron chi connectivity index (χ3n) is 5.53. The van der Waals surface area contributed by atoms with Crippen LogP contribution in [0.15, 0.2) is 95.3 Å². The number of fused-ring (bicyclic) bond motifs is 3. The normalized spacial score (nSPS) is 15.0.